The van der Waals surface area contributed by atoms with Gasteiger partial charge < -0.3 is 10.4 Å². The van der Waals surface area contributed by atoms with Crippen molar-refractivity contribution in [2.45, 2.75) is 25.2 Å². The summed E-state index contributed by atoms with van der Waals surface area (Å²) in [6.45, 7) is 0.621. The summed E-state index contributed by atoms with van der Waals surface area (Å²) in [6.07, 6.45) is -4.32. The van der Waals surface area contributed by atoms with Crippen molar-refractivity contribution in [1.82, 2.24) is 15.1 Å². The maximum Gasteiger partial charge on any atom is 0.416 e. The van der Waals surface area contributed by atoms with Crippen LogP contribution in [-0.2, 0) is 4.79 Å². The summed E-state index contributed by atoms with van der Waals surface area (Å²) in [6, 6.07) is 0.861. The first-order chi connectivity index (χ1) is 7.82. The van der Waals surface area contributed by atoms with Crippen molar-refractivity contribution in [2.75, 3.05) is 6.54 Å². The maximum absolute atomic E-state index is 12.0. The Morgan fingerprint density at radius 2 is 2.24 bits per heavy atom. The Balaban J connectivity index is 2.45. The fourth-order valence-electron chi connectivity index (χ4n) is 1.09. The Morgan fingerprint density at radius 1 is 1.59 bits per heavy atom. The largest absolute Gasteiger partial charge is 0.416 e. The smallest absolute Gasteiger partial charge is 0.382 e. The van der Waals surface area contributed by atoms with Crippen LogP contribution in [0.5, 0.6) is 0 Å². The summed E-state index contributed by atoms with van der Waals surface area (Å²) in [4.78, 5) is 11.4. The molecular weight excluding hydrogens is 239 g/mol. The minimum absolute atomic E-state index is 0.642. The van der Waals surface area contributed by atoms with E-state index in [2.05, 4.69) is 5.10 Å². The zero-order chi connectivity index (χ0) is 13.1. The van der Waals surface area contributed by atoms with Crippen molar-refractivity contribution in [2.24, 2.45) is 0 Å². The van der Waals surface area contributed by atoms with Crippen LogP contribution in [0.2, 0.25) is 0 Å². The lowest BCUT2D eigenvalue weighted by atomic mass is 10.3. The third kappa shape index (κ3) is 3.74. The number of carbonyl (C=O) groups is 1. The molecule has 1 amide bonds. The molecule has 0 spiro atoms. The summed E-state index contributed by atoms with van der Waals surface area (Å²) in [5.74, 6) is -0.642. The normalized spacial score (nSPS) is 15.4. The highest BCUT2D eigenvalue weighted by atomic mass is 19.4. The molecule has 0 aromatic carbocycles. The number of aliphatic hydroxyl groups excluding tert-OH is 1. The third-order valence-electron chi connectivity index (χ3n) is 2.15. The molecule has 0 saturated heterocycles. The summed E-state index contributed by atoms with van der Waals surface area (Å²) in [5, 5.41) is 14.5. The Bertz CT molecular complexity index is 364. The fourth-order valence-corrected chi connectivity index (χ4v) is 1.09. The van der Waals surface area contributed by atoms with Crippen LogP contribution in [0.1, 0.15) is 13.0 Å². The van der Waals surface area contributed by atoms with Gasteiger partial charge in [0.1, 0.15) is 6.04 Å². The van der Waals surface area contributed by atoms with Gasteiger partial charge in [-0.3, -0.25) is 9.48 Å². The summed E-state index contributed by atoms with van der Waals surface area (Å²) in [7, 11) is 0. The van der Waals surface area contributed by atoms with Gasteiger partial charge in [0, 0.05) is 12.4 Å². The minimum atomic E-state index is -4.73. The minimum Gasteiger partial charge on any atom is -0.382 e. The molecule has 0 aliphatic rings. The van der Waals surface area contributed by atoms with Crippen molar-refractivity contribution < 1.29 is 23.1 Å². The highest BCUT2D eigenvalue weighted by molar-refractivity contribution is 5.79. The molecule has 0 saturated carbocycles. The first kappa shape index (κ1) is 13.5. The van der Waals surface area contributed by atoms with Gasteiger partial charge in [0.25, 0.3) is 0 Å². The molecule has 96 valence electrons. The van der Waals surface area contributed by atoms with E-state index in [0.717, 1.165) is 0 Å². The fraction of sp³-hybridized carbons (Fsp3) is 0.556. The van der Waals surface area contributed by atoms with Gasteiger partial charge in [0.2, 0.25) is 5.91 Å². The van der Waals surface area contributed by atoms with Crippen molar-refractivity contribution in [3.8, 4) is 0 Å². The van der Waals surface area contributed by atoms with Crippen LogP contribution in [0.25, 0.3) is 0 Å². The highest BCUT2D eigenvalue weighted by Gasteiger charge is 2.38. The molecule has 1 heterocycles. The average Bonchev–Trinajstić information content (AvgIpc) is 2.76. The Kier molecular flexibility index (Phi) is 4.11. The van der Waals surface area contributed by atoms with Crippen molar-refractivity contribution in [3.05, 3.63) is 18.5 Å². The molecule has 0 aliphatic carbocycles. The van der Waals surface area contributed by atoms with Gasteiger partial charge in [-0.25, -0.2) is 0 Å². The zero-order valence-electron chi connectivity index (χ0n) is 8.98. The lowest BCUT2D eigenvalue weighted by molar-refractivity contribution is -0.201. The topological polar surface area (TPSA) is 67.2 Å². The molecule has 0 fully saturated rings. The van der Waals surface area contributed by atoms with Gasteiger partial charge in [-0.1, -0.05) is 0 Å². The number of hydrogen-bond acceptors (Lipinski definition) is 3. The number of aliphatic hydroxyl groups is 1. The van der Waals surface area contributed by atoms with Gasteiger partial charge in [-0.15, -0.1) is 0 Å². The summed E-state index contributed by atoms with van der Waals surface area (Å²) in [5.41, 5.74) is 0. The van der Waals surface area contributed by atoms with Gasteiger partial charge in [-0.05, 0) is 13.0 Å². The predicted molar refractivity (Wildman–Crippen MR) is 52.0 cm³/mol. The summed E-state index contributed by atoms with van der Waals surface area (Å²) < 4.78 is 37.2. The molecule has 2 unspecified atom stereocenters. The second kappa shape index (κ2) is 5.17. The first-order valence-corrected chi connectivity index (χ1v) is 4.84. The second-order valence-electron chi connectivity index (χ2n) is 3.46. The number of alkyl halides is 3. The van der Waals surface area contributed by atoms with Crippen LogP contribution in [0.3, 0.4) is 0 Å². The molecule has 2 atom stereocenters. The average molecular weight is 251 g/mol. The van der Waals surface area contributed by atoms with E-state index in [-0.39, 0.29) is 0 Å². The molecule has 1 aromatic heterocycles. The van der Waals surface area contributed by atoms with Crippen LogP contribution >= 0.6 is 0 Å². The number of nitrogens with zero attached hydrogens (tertiary/aromatic N) is 2. The van der Waals surface area contributed by atoms with Crippen molar-refractivity contribution in [3.63, 3.8) is 0 Å². The van der Waals surface area contributed by atoms with E-state index in [1.807, 2.05) is 5.32 Å². The molecule has 0 radical (unpaired) electrons. The lowest BCUT2D eigenvalue weighted by Gasteiger charge is -2.17. The molecule has 17 heavy (non-hydrogen) atoms. The monoisotopic (exact) mass is 251 g/mol. The Labute approximate surface area is 95.2 Å². The standard InChI is InChI=1S/C9H12F3N3O2/c1-6(15-4-2-3-14-15)8(17)13-5-7(16)9(10,11)12/h2-4,6-7,16H,5H2,1H3,(H,13,17). The maximum atomic E-state index is 12.0. The Hall–Kier alpha value is -1.57. The predicted octanol–water partition coefficient (Wildman–Crippen LogP) is 0.483. The number of rotatable bonds is 4. The van der Waals surface area contributed by atoms with Crippen LogP contribution < -0.4 is 5.32 Å². The van der Waals surface area contributed by atoms with Gasteiger partial charge in [0.05, 0.1) is 6.54 Å². The molecule has 2 N–H and O–H groups in total. The Morgan fingerprint density at radius 3 is 2.71 bits per heavy atom. The molecule has 1 aromatic rings. The van der Waals surface area contributed by atoms with Crippen LogP contribution in [0, 0.1) is 0 Å². The number of amides is 1. The van der Waals surface area contributed by atoms with E-state index in [9.17, 15) is 18.0 Å². The first-order valence-electron chi connectivity index (χ1n) is 4.84. The molecule has 1 rings (SSSR count). The van der Waals surface area contributed by atoms with E-state index < -0.39 is 30.8 Å². The van der Waals surface area contributed by atoms with Gasteiger partial charge in [0.15, 0.2) is 6.10 Å². The van der Waals surface area contributed by atoms with E-state index in [4.69, 9.17) is 5.11 Å². The molecule has 0 aliphatic heterocycles. The van der Waals surface area contributed by atoms with E-state index in [1.165, 1.54) is 24.0 Å². The summed E-state index contributed by atoms with van der Waals surface area (Å²) >= 11 is 0. The SMILES string of the molecule is CC(C(=O)NCC(O)C(F)(F)F)n1cccn1. The quantitative estimate of drug-likeness (QED) is 0.818. The number of halogens is 3. The number of nitrogens with one attached hydrogen (secondary N) is 1. The molecule has 5 nitrogen and oxygen atoms in total. The molecule has 8 heteroatoms. The highest BCUT2D eigenvalue weighted by Crippen LogP contribution is 2.19. The molecular formula is C9H12F3N3O2. The van der Waals surface area contributed by atoms with E-state index in [0.29, 0.717) is 0 Å². The number of carbonyl (C=O) groups excluding carboxylic acids is 1. The van der Waals surface area contributed by atoms with Gasteiger partial charge in [-0.2, -0.15) is 18.3 Å². The zero-order valence-corrected chi connectivity index (χ0v) is 8.98. The third-order valence-corrected chi connectivity index (χ3v) is 2.15. The van der Waals surface area contributed by atoms with E-state index in [1.54, 1.807) is 6.07 Å². The number of hydrogen-bond donors (Lipinski definition) is 2. The van der Waals surface area contributed by atoms with Crippen molar-refractivity contribution >= 4 is 5.91 Å². The van der Waals surface area contributed by atoms with Crippen LogP contribution in [-0.4, -0.2) is 39.6 Å². The van der Waals surface area contributed by atoms with Crippen LogP contribution in [0.15, 0.2) is 18.5 Å². The second-order valence-corrected chi connectivity index (χ2v) is 3.46. The number of aromatic nitrogens is 2. The molecule has 0 bridgehead atoms. The van der Waals surface area contributed by atoms with Crippen molar-refractivity contribution in [1.29, 1.82) is 0 Å². The van der Waals surface area contributed by atoms with Gasteiger partial charge >= 0.3 is 6.18 Å². The van der Waals surface area contributed by atoms with E-state index >= 15 is 0 Å². The lowest BCUT2D eigenvalue weighted by Crippen LogP contribution is -2.42. The van der Waals surface area contributed by atoms with Crippen LogP contribution in [0.4, 0.5) is 13.2 Å².